The van der Waals surface area contributed by atoms with Gasteiger partial charge in [0.15, 0.2) is 5.78 Å². The molecule has 0 bridgehead atoms. The van der Waals surface area contributed by atoms with Crippen LogP contribution in [0, 0.1) is 6.92 Å². The highest BCUT2D eigenvalue weighted by molar-refractivity contribution is 5.97. The van der Waals surface area contributed by atoms with Crippen molar-refractivity contribution in [2.45, 2.75) is 33.7 Å². The molecule has 1 aromatic rings. The lowest BCUT2D eigenvalue weighted by Crippen LogP contribution is -2.35. The molecule has 2 heteroatoms. The van der Waals surface area contributed by atoms with E-state index in [0.717, 1.165) is 12.1 Å². The van der Waals surface area contributed by atoms with Crippen molar-refractivity contribution in [1.82, 2.24) is 4.90 Å². The number of hydrogen-bond donors (Lipinski definition) is 0. The molecule has 0 saturated heterocycles. The number of rotatable bonds is 5. The fraction of sp³-hybridized carbons (Fsp3) is 0.500. The van der Waals surface area contributed by atoms with Crippen molar-refractivity contribution < 1.29 is 4.79 Å². The van der Waals surface area contributed by atoms with E-state index in [0.29, 0.717) is 12.6 Å². The van der Waals surface area contributed by atoms with E-state index >= 15 is 0 Å². The van der Waals surface area contributed by atoms with Crippen LogP contribution in [0.4, 0.5) is 0 Å². The molecule has 2 nitrogen and oxygen atoms in total. The molecule has 1 aromatic carbocycles. The summed E-state index contributed by atoms with van der Waals surface area (Å²) in [7, 11) is 0. The van der Waals surface area contributed by atoms with Crippen molar-refractivity contribution >= 4 is 5.78 Å². The lowest BCUT2D eigenvalue weighted by molar-refractivity contribution is 0.0911. The molecule has 0 heterocycles. The zero-order valence-electron chi connectivity index (χ0n) is 10.7. The Morgan fingerprint density at radius 2 is 1.81 bits per heavy atom. The first-order valence-electron chi connectivity index (χ1n) is 5.88. The van der Waals surface area contributed by atoms with Gasteiger partial charge in [0.25, 0.3) is 0 Å². The van der Waals surface area contributed by atoms with Crippen LogP contribution >= 0.6 is 0 Å². The minimum Gasteiger partial charge on any atom is -0.294 e. The van der Waals surface area contributed by atoms with Crippen LogP contribution in [0.1, 0.15) is 36.7 Å². The van der Waals surface area contributed by atoms with Gasteiger partial charge >= 0.3 is 0 Å². The number of carbonyl (C=O) groups excluding carboxylic acids is 1. The average Bonchev–Trinajstić information content (AvgIpc) is 2.26. The molecule has 0 radical (unpaired) electrons. The van der Waals surface area contributed by atoms with E-state index in [-0.39, 0.29) is 5.78 Å². The van der Waals surface area contributed by atoms with E-state index in [2.05, 4.69) is 25.7 Å². The van der Waals surface area contributed by atoms with Crippen LogP contribution in [0.5, 0.6) is 0 Å². The van der Waals surface area contributed by atoms with Gasteiger partial charge in [-0.3, -0.25) is 9.69 Å². The van der Waals surface area contributed by atoms with E-state index in [1.807, 2.05) is 31.2 Å². The third-order valence-electron chi connectivity index (χ3n) is 2.86. The van der Waals surface area contributed by atoms with Crippen LogP contribution in [0.25, 0.3) is 0 Å². The molecule has 0 saturated carbocycles. The van der Waals surface area contributed by atoms with E-state index in [1.54, 1.807) is 0 Å². The highest BCUT2D eigenvalue weighted by Crippen LogP contribution is 2.06. The summed E-state index contributed by atoms with van der Waals surface area (Å²) in [6, 6.07) is 8.20. The van der Waals surface area contributed by atoms with Gasteiger partial charge in [0.2, 0.25) is 0 Å². The van der Waals surface area contributed by atoms with Gasteiger partial charge in [0.05, 0.1) is 6.54 Å². The lowest BCUT2D eigenvalue weighted by Gasteiger charge is -2.23. The summed E-state index contributed by atoms with van der Waals surface area (Å²) >= 11 is 0. The van der Waals surface area contributed by atoms with E-state index < -0.39 is 0 Å². The van der Waals surface area contributed by atoms with Gasteiger partial charge in [-0.2, -0.15) is 0 Å². The highest BCUT2D eigenvalue weighted by Gasteiger charge is 2.13. The van der Waals surface area contributed by atoms with Gasteiger partial charge in [0, 0.05) is 11.6 Å². The van der Waals surface area contributed by atoms with Gasteiger partial charge < -0.3 is 0 Å². The number of ketones is 1. The minimum absolute atomic E-state index is 0.204. The van der Waals surface area contributed by atoms with Crippen molar-refractivity contribution in [1.29, 1.82) is 0 Å². The molecule has 88 valence electrons. The molecule has 0 spiro atoms. The molecule has 0 atom stereocenters. The molecule has 1 rings (SSSR count). The number of benzene rings is 1. The van der Waals surface area contributed by atoms with E-state index in [9.17, 15) is 4.79 Å². The standard InChI is InChI=1S/C14H21NO/c1-5-15(11(2)3)10-14(16)13-8-6-12(4)7-9-13/h6-9,11H,5,10H2,1-4H3. The van der Waals surface area contributed by atoms with Crippen molar-refractivity contribution in [3.63, 3.8) is 0 Å². The number of hydrogen-bond acceptors (Lipinski definition) is 2. The fourth-order valence-electron chi connectivity index (χ4n) is 1.67. The maximum absolute atomic E-state index is 12.0. The molecular formula is C14H21NO. The second kappa shape index (κ2) is 5.80. The SMILES string of the molecule is CCN(CC(=O)c1ccc(C)cc1)C(C)C. The topological polar surface area (TPSA) is 20.3 Å². The van der Waals surface area contributed by atoms with Crippen LogP contribution in [-0.2, 0) is 0 Å². The zero-order valence-corrected chi connectivity index (χ0v) is 10.7. The normalized spacial score (nSPS) is 11.1. The quantitative estimate of drug-likeness (QED) is 0.710. The monoisotopic (exact) mass is 219 g/mol. The average molecular weight is 219 g/mol. The summed E-state index contributed by atoms with van der Waals surface area (Å²) in [5.74, 6) is 0.204. The summed E-state index contributed by atoms with van der Waals surface area (Å²) in [6.07, 6.45) is 0. The molecule has 0 aromatic heterocycles. The van der Waals surface area contributed by atoms with Crippen molar-refractivity contribution in [3.05, 3.63) is 35.4 Å². The first-order valence-corrected chi connectivity index (χ1v) is 5.88. The van der Waals surface area contributed by atoms with E-state index in [4.69, 9.17) is 0 Å². The summed E-state index contributed by atoms with van der Waals surface area (Å²) in [5.41, 5.74) is 2.00. The van der Waals surface area contributed by atoms with Crippen LogP contribution in [0.15, 0.2) is 24.3 Å². The largest absolute Gasteiger partial charge is 0.294 e. The highest BCUT2D eigenvalue weighted by atomic mass is 16.1. The fourth-order valence-corrected chi connectivity index (χ4v) is 1.67. The van der Waals surface area contributed by atoms with Gasteiger partial charge in [-0.15, -0.1) is 0 Å². The molecule has 0 aliphatic heterocycles. The second-order valence-corrected chi connectivity index (χ2v) is 4.45. The molecule has 0 aliphatic carbocycles. The molecule has 0 fully saturated rings. The number of Topliss-reactive ketones (excluding diaryl/α,β-unsaturated/α-hetero) is 1. The molecule has 0 unspecified atom stereocenters. The number of carbonyl (C=O) groups is 1. The van der Waals surface area contributed by atoms with Gasteiger partial charge in [-0.05, 0) is 27.3 Å². The Hall–Kier alpha value is -1.15. The minimum atomic E-state index is 0.204. The lowest BCUT2D eigenvalue weighted by atomic mass is 10.1. The third kappa shape index (κ3) is 3.46. The summed E-state index contributed by atoms with van der Waals surface area (Å²) in [6.45, 7) is 9.77. The predicted octanol–water partition coefficient (Wildman–Crippen LogP) is 2.91. The molecule has 0 amide bonds. The van der Waals surface area contributed by atoms with Gasteiger partial charge in [-0.25, -0.2) is 0 Å². The summed E-state index contributed by atoms with van der Waals surface area (Å²) < 4.78 is 0. The van der Waals surface area contributed by atoms with Gasteiger partial charge in [-0.1, -0.05) is 36.8 Å². The Morgan fingerprint density at radius 1 is 1.25 bits per heavy atom. The first kappa shape index (κ1) is 12.9. The van der Waals surface area contributed by atoms with Crippen LogP contribution < -0.4 is 0 Å². The van der Waals surface area contributed by atoms with E-state index in [1.165, 1.54) is 5.56 Å². The molecule has 16 heavy (non-hydrogen) atoms. The van der Waals surface area contributed by atoms with Crippen molar-refractivity contribution in [2.75, 3.05) is 13.1 Å². The molecule has 0 aliphatic rings. The predicted molar refractivity (Wildman–Crippen MR) is 67.9 cm³/mol. The van der Waals surface area contributed by atoms with Gasteiger partial charge in [0.1, 0.15) is 0 Å². The Morgan fingerprint density at radius 3 is 2.25 bits per heavy atom. The maximum atomic E-state index is 12.0. The number of nitrogens with zero attached hydrogens (tertiary/aromatic N) is 1. The third-order valence-corrected chi connectivity index (χ3v) is 2.86. The maximum Gasteiger partial charge on any atom is 0.176 e. The Labute approximate surface area is 98.3 Å². The molecular weight excluding hydrogens is 198 g/mol. The number of likely N-dealkylation sites (N-methyl/N-ethyl adjacent to an activating group) is 1. The van der Waals surface area contributed by atoms with Crippen LogP contribution in [0.3, 0.4) is 0 Å². The first-order chi connectivity index (χ1) is 7.54. The zero-order chi connectivity index (χ0) is 12.1. The Balaban J connectivity index is 2.68. The smallest absolute Gasteiger partial charge is 0.176 e. The summed E-state index contributed by atoms with van der Waals surface area (Å²) in [5, 5.41) is 0. The van der Waals surface area contributed by atoms with Crippen molar-refractivity contribution in [2.24, 2.45) is 0 Å². The molecule has 0 N–H and O–H groups in total. The van der Waals surface area contributed by atoms with Crippen molar-refractivity contribution in [3.8, 4) is 0 Å². The Bertz CT molecular complexity index is 340. The van der Waals surface area contributed by atoms with Crippen LogP contribution in [0.2, 0.25) is 0 Å². The second-order valence-electron chi connectivity index (χ2n) is 4.45. The number of aryl methyl sites for hydroxylation is 1. The summed E-state index contributed by atoms with van der Waals surface area (Å²) in [4.78, 5) is 14.2. The Kier molecular flexibility index (Phi) is 4.69. The van der Waals surface area contributed by atoms with Crippen LogP contribution in [-0.4, -0.2) is 29.8 Å².